The van der Waals surface area contributed by atoms with E-state index in [1.165, 1.54) is 12.8 Å². The van der Waals surface area contributed by atoms with Gasteiger partial charge in [-0.2, -0.15) is 0 Å². The van der Waals surface area contributed by atoms with E-state index >= 15 is 0 Å². The first kappa shape index (κ1) is 14.8. The van der Waals surface area contributed by atoms with Gasteiger partial charge in [0.15, 0.2) is 0 Å². The van der Waals surface area contributed by atoms with E-state index in [2.05, 4.69) is 5.32 Å². The minimum Gasteiger partial charge on any atom is -0.449 e. The van der Waals surface area contributed by atoms with Crippen LogP contribution in [0, 0.1) is 5.92 Å². The van der Waals surface area contributed by atoms with Gasteiger partial charge in [-0.05, 0) is 25.7 Å². The van der Waals surface area contributed by atoms with E-state index in [-0.39, 0.29) is 19.7 Å². The lowest BCUT2D eigenvalue weighted by molar-refractivity contribution is 0.115. The van der Waals surface area contributed by atoms with Crippen molar-refractivity contribution in [1.82, 2.24) is 10.2 Å². The molecule has 0 aromatic carbocycles. The van der Waals surface area contributed by atoms with E-state index in [1.807, 2.05) is 0 Å². The van der Waals surface area contributed by atoms with Crippen molar-refractivity contribution in [3.8, 4) is 0 Å². The molecule has 1 aliphatic carbocycles. The zero-order valence-corrected chi connectivity index (χ0v) is 11.0. The van der Waals surface area contributed by atoms with Crippen LogP contribution in [0.4, 0.5) is 9.59 Å². The molecule has 0 heterocycles. The molecular weight excluding hydrogens is 234 g/mol. The molecule has 0 aromatic rings. The maximum Gasteiger partial charge on any atom is 0.418 e. The number of ether oxygens (including phenoxy) is 1. The molecule has 0 unspecified atom stereocenters. The molecule has 18 heavy (non-hydrogen) atoms. The zero-order valence-electron chi connectivity index (χ0n) is 11.0. The summed E-state index contributed by atoms with van der Waals surface area (Å²) in [5.41, 5.74) is 5.39. The van der Waals surface area contributed by atoms with Crippen molar-refractivity contribution >= 4 is 12.1 Å². The van der Waals surface area contributed by atoms with Gasteiger partial charge in [0.25, 0.3) is 0 Å². The number of imide groups is 1. The minimum absolute atomic E-state index is 0.176. The fourth-order valence-corrected chi connectivity index (χ4v) is 2.15. The Bertz CT molecular complexity index is 278. The first-order chi connectivity index (χ1) is 8.69. The number of hydrogen-bond acceptors (Lipinski definition) is 4. The second-order valence-electron chi connectivity index (χ2n) is 4.48. The van der Waals surface area contributed by atoms with Gasteiger partial charge in [-0.3, -0.25) is 0 Å². The van der Waals surface area contributed by atoms with Crippen LogP contribution >= 0.6 is 0 Å². The molecule has 0 atom stereocenters. The molecule has 6 heteroatoms. The molecule has 0 bridgehead atoms. The number of hydrogen-bond donors (Lipinski definition) is 2. The predicted octanol–water partition coefficient (Wildman–Crippen LogP) is 1.30. The lowest BCUT2D eigenvalue weighted by Crippen LogP contribution is -2.47. The molecule has 1 saturated carbocycles. The number of carbonyl (C=O) groups is 2. The summed E-state index contributed by atoms with van der Waals surface area (Å²) in [7, 11) is 0. The molecule has 6 nitrogen and oxygen atoms in total. The van der Waals surface area contributed by atoms with Crippen LogP contribution in [0.1, 0.15) is 32.6 Å². The second kappa shape index (κ2) is 7.92. The summed E-state index contributed by atoms with van der Waals surface area (Å²) in [6.07, 6.45) is 4.12. The third kappa shape index (κ3) is 4.52. The quantitative estimate of drug-likeness (QED) is 0.777. The number of nitrogens with zero attached hydrogens (tertiary/aromatic N) is 1. The van der Waals surface area contributed by atoms with Gasteiger partial charge < -0.3 is 15.8 Å². The molecule has 104 valence electrons. The van der Waals surface area contributed by atoms with Crippen LogP contribution < -0.4 is 11.1 Å². The summed E-state index contributed by atoms with van der Waals surface area (Å²) in [5, 5.41) is 2.78. The van der Waals surface area contributed by atoms with Gasteiger partial charge in [0.05, 0.1) is 6.61 Å². The number of nitrogens with two attached hydrogens (primary N) is 1. The van der Waals surface area contributed by atoms with E-state index < -0.39 is 12.1 Å². The Hall–Kier alpha value is -1.30. The number of nitrogens with one attached hydrogen (secondary N) is 1. The molecule has 0 radical (unpaired) electrons. The van der Waals surface area contributed by atoms with Gasteiger partial charge in [-0.1, -0.05) is 12.8 Å². The molecule has 1 rings (SSSR count). The summed E-state index contributed by atoms with van der Waals surface area (Å²) in [6, 6.07) is -0.411. The third-order valence-electron chi connectivity index (χ3n) is 3.10. The highest BCUT2D eigenvalue weighted by Crippen LogP contribution is 2.23. The maximum absolute atomic E-state index is 11.9. The van der Waals surface area contributed by atoms with Gasteiger partial charge in [0, 0.05) is 19.6 Å². The van der Waals surface area contributed by atoms with Crippen LogP contribution in [0.15, 0.2) is 0 Å². The highest BCUT2D eigenvalue weighted by Gasteiger charge is 2.23. The zero-order chi connectivity index (χ0) is 13.4. The molecule has 3 amide bonds. The van der Waals surface area contributed by atoms with E-state index in [9.17, 15) is 9.59 Å². The lowest BCUT2D eigenvalue weighted by atomic mass is 10.1. The highest BCUT2D eigenvalue weighted by molar-refractivity contribution is 5.90. The average Bonchev–Trinajstić information content (AvgIpc) is 2.86. The van der Waals surface area contributed by atoms with E-state index in [0.717, 1.165) is 17.7 Å². The van der Waals surface area contributed by atoms with Crippen LogP contribution in [0.5, 0.6) is 0 Å². The molecular formula is C12H23N3O3. The van der Waals surface area contributed by atoms with E-state index in [1.54, 1.807) is 6.92 Å². The van der Waals surface area contributed by atoms with Crippen LogP contribution in [0.3, 0.4) is 0 Å². The fourth-order valence-electron chi connectivity index (χ4n) is 2.15. The van der Waals surface area contributed by atoms with Crippen LogP contribution in [0.2, 0.25) is 0 Å². The smallest absolute Gasteiger partial charge is 0.418 e. The van der Waals surface area contributed by atoms with Crippen LogP contribution in [-0.4, -0.2) is 43.3 Å². The highest BCUT2D eigenvalue weighted by atomic mass is 16.6. The predicted molar refractivity (Wildman–Crippen MR) is 68.1 cm³/mol. The van der Waals surface area contributed by atoms with Gasteiger partial charge in [-0.25, -0.2) is 14.5 Å². The first-order valence-electron chi connectivity index (χ1n) is 6.61. The molecule has 1 aliphatic rings. The molecule has 0 aromatic heterocycles. The van der Waals surface area contributed by atoms with Crippen molar-refractivity contribution in [1.29, 1.82) is 0 Å². The molecule has 3 N–H and O–H groups in total. The summed E-state index contributed by atoms with van der Waals surface area (Å²) < 4.78 is 4.82. The van der Waals surface area contributed by atoms with Crippen molar-refractivity contribution in [3.63, 3.8) is 0 Å². The summed E-state index contributed by atoms with van der Waals surface area (Å²) >= 11 is 0. The van der Waals surface area contributed by atoms with Crippen molar-refractivity contribution in [2.24, 2.45) is 11.7 Å². The van der Waals surface area contributed by atoms with Crippen molar-refractivity contribution < 1.29 is 14.3 Å². The van der Waals surface area contributed by atoms with Crippen molar-refractivity contribution in [2.75, 3.05) is 26.2 Å². The van der Waals surface area contributed by atoms with Gasteiger partial charge in [0.1, 0.15) is 0 Å². The standard InChI is InChI=1S/C12H23N3O3/c1-2-18-12(17)15(8-7-13)11(16)14-9-10-5-3-4-6-10/h10H,2-9,13H2,1H3,(H,14,16). The second-order valence-corrected chi connectivity index (χ2v) is 4.48. The number of rotatable bonds is 5. The minimum atomic E-state index is -0.633. The summed E-state index contributed by atoms with van der Waals surface area (Å²) in [4.78, 5) is 24.4. The SMILES string of the molecule is CCOC(=O)N(CCN)C(=O)NCC1CCCC1. The van der Waals surface area contributed by atoms with Crippen molar-refractivity contribution in [2.45, 2.75) is 32.6 Å². The Morgan fingerprint density at radius 2 is 2.06 bits per heavy atom. The third-order valence-corrected chi connectivity index (χ3v) is 3.10. The normalized spacial score (nSPS) is 15.4. The summed E-state index contributed by atoms with van der Waals surface area (Å²) in [6.45, 7) is 2.98. The van der Waals surface area contributed by atoms with Crippen LogP contribution in [0.25, 0.3) is 0 Å². The summed E-state index contributed by atoms with van der Waals surface area (Å²) in [5.74, 6) is 0.538. The molecule has 1 fully saturated rings. The Morgan fingerprint density at radius 1 is 1.39 bits per heavy atom. The Morgan fingerprint density at radius 3 is 2.61 bits per heavy atom. The van der Waals surface area contributed by atoms with E-state index in [4.69, 9.17) is 10.5 Å². The van der Waals surface area contributed by atoms with Gasteiger partial charge >= 0.3 is 12.1 Å². The average molecular weight is 257 g/mol. The molecule has 0 aliphatic heterocycles. The molecule has 0 saturated heterocycles. The monoisotopic (exact) mass is 257 g/mol. The van der Waals surface area contributed by atoms with E-state index in [0.29, 0.717) is 12.5 Å². The van der Waals surface area contributed by atoms with Gasteiger partial charge in [0.2, 0.25) is 0 Å². The molecule has 0 spiro atoms. The lowest BCUT2D eigenvalue weighted by Gasteiger charge is -2.20. The Balaban J connectivity index is 2.40. The Labute approximate surface area is 108 Å². The fraction of sp³-hybridized carbons (Fsp3) is 0.833. The number of urea groups is 1. The maximum atomic E-state index is 11.9. The largest absolute Gasteiger partial charge is 0.449 e. The topological polar surface area (TPSA) is 84.7 Å². The number of carbonyl (C=O) groups excluding carboxylic acids is 2. The first-order valence-corrected chi connectivity index (χ1v) is 6.61. The number of amides is 3. The van der Waals surface area contributed by atoms with Crippen molar-refractivity contribution in [3.05, 3.63) is 0 Å². The Kier molecular flexibility index (Phi) is 6.49. The van der Waals surface area contributed by atoms with Gasteiger partial charge in [-0.15, -0.1) is 0 Å². The van der Waals surface area contributed by atoms with Crippen LogP contribution in [-0.2, 0) is 4.74 Å².